The predicted molar refractivity (Wildman–Crippen MR) is 124 cm³/mol. The summed E-state index contributed by atoms with van der Waals surface area (Å²) >= 11 is 0. The lowest BCUT2D eigenvalue weighted by atomic mass is 9.92. The lowest BCUT2D eigenvalue weighted by molar-refractivity contribution is 0.240. The summed E-state index contributed by atoms with van der Waals surface area (Å²) < 4.78 is 29.2. The lowest BCUT2D eigenvalue weighted by Gasteiger charge is -2.29. The molecule has 0 bridgehead atoms. The van der Waals surface area contributed by atoms with Crippen LogP contribution in [-0.4, -0.2) is 56.3 Å². The quantitative estimate of drug-likeness (QED) is 0.508. The zero-order chi connectivity index (χ0) is 23.1. The summed E-state index contributed by atoms with van der Waals surface area (Å²) in [5.41, 5.74) is 2.05. The van der Waals surface area contributed by atoms with E-state index in [1.165, 1.54) is 6.33 Å². The molecule has 2 aliphatic rings. The van der Waals surface area contributed by atoms with Crippen LogP contribution < -0.4 is 0 Å². The third-order valence-corrected chi connectivity index (χ3v) is 9.22. The Morgan fingerprint density at radius 1 is 1.24 bits per heavy atom. The van der Waals surface area contributed by atoms with Crippen LogP contribution >= 0.6 is 0 Å². The van der Waals surface area contributed by atoms with Gasteiger partial charge < -0.3 is 4.98 Å². The molecule has 1 saturated carbocycles. The second-order valence-corrected chi connectivity index (χ2v) is 11.6. The van der Waals surface area contributed by atoms with Crippen molar-refractivity contribution < 1.29 is 8.42 Å². The molecule has 3 atom stereocenters. The number of hydrogen-bond donors (Lipinski definition) is 1. The van der Waals surface area contributed by atoms with Crippen molar-refractivity contribution in [2.45, 2.75) is 51.0 Å². The Balaban J connectivity index is 1.36. The van der Waals surface area contributed by atoms with Crippen molar-refractivity contribution in [2.24, 2.45) is 11.8 Å². The number of unbranched alkanes of at least 4 members (excludes halogenated alkanes) is 2. The minimum atomic E-state index is -3.21. The fourth-order valence-electron chi connectivity index (χ4n) is 5.67. The second kappa shape index (κ2) is 8.54. The number of fused-ring (bicyclic) bond motifs is 2. The van der Waals surface area contributed by atoms with Gasteiger partial charge in [-0.2, -0.15) is 10.4 Å². The SMILES string of the molecule is CCCCCS(=O)(=O)N1C[C@@H]2C[C@@](CC#N)(n3cc(-c4ncnc5[nH]ccc45)cn3)C[C@@H]2C1. The summed E-state index contributed by atoms with van der Waals surface area (Å²) in [5, 5.41) is 15.2. The third kappa shape index (κ3) is 3.93. The van der Waals surface area contributed by atoms with E-state index in [0.717, 1.165) is 54.4 Å². The van der Waals surface area contributed by atoms with Crippen molar-refractivity contribution in [3.8, 4) is 17.3 Å². The number of nitrogens with one attached hydrogen (secondary N) is 1. The molecule has 33 heavy (non-hydrogen) atoms. The van der Waals surface area contributed by atoms with Crippen LogP contribution in [0.5, 0.6) is 0 Å². The highest BCUT2D eigenvalue weighted by Crippen LogP contribution is 2.50. The molecule has 0 unspecified atom stereocenters. The van der Waals surface area contributed by atoms with Crippen LogP contribution in [0.15, 0.2) is 31.0 Å². The number of aromatic amines is 1. The molecule has 0 amide bonds. The summed E-state index contributed by atoms with van der Waals surface area (Å²) in [4.78, 5) is 11.8. The van der Waals surface area contributed by atoms with E-state index >= 15 is 0 Å². The summed E-state index contributed by atoms with van der Waals surface area (Å²) in [6.45, 7) is 3.18. The fraction of sp³-hybridized carbons (Fsp3) is 0.565. The molecule has 0 radical (unpaired) electrons. The number of H-pyrrole nitrogens is 1. The molecular formula is C23H29N7O2S. The average Bonchev–Trinajstić information content (AvgIpc) is 3.56. The summed E-state index contributed by atoms with van der Waals surface area (Å²) in [6, 6.07) is 4.31. The molecule has 3 aromatic heterocycles. The van der Waals surface area contributed by atoms with Crippen LogP contribution in [0.2, 0.25) is 0 Å². The first-order valence-corrected chi connectivity index (χ1v) is 13.2. The Morgan fingerprint density at radius 3 is 2.76 bits per heavy atom. The first kappa shape index (κ1) is 22.0. The molecule has 9 nitrogen and oxygen atoms in total. The van der Waals surface area contributed by atoms with Crippen LogP contribution in [-0.2, 0) is 15.6 Å². The Hall–Kier alpha value is -2.77. The van der Waals surface area contributed by atoms with E-state index in [9.17, 15) is 13.7 Å². The Bertz CT molecular complexity index is 1280. The van der Waals surface area contributed by atoms with Gasteiger partial charge in [-0.05, 0) is 37.2 Å². The van der Waals surface area contributed by atoms with E-state index in [4.69, 9.17) is 0 Å². The minimum Gasteiger partial charge on any atom is -0.346 e. The highest BCUT2D eigenvalue weighted by Gasteiger charge is 2.52. The molecule has 10 heteroatoms. The van der Waals surface area contributed by atoms with Crippen molar-refractivity contribution in [2.75, 3.05) is 18.8 Å². The first-order chi connectivity index (χ1) is 16.0. The number of aromatic nitrogens is 5. The monoisotopic (exact) mass is 467 g/mol. The maximum Gasteiger partial charge on any atom is 0.214 e. The molecule has 3 aromatic rings. The van der Waals surface area contributed by atoms with Gasteiger partial charge in [0.1, 0.15) is 12.0 Å². The molecule has 4 heterocycles. The van der Waals surface area contributed by atoms with Crippen molar-refractivity contribution in [1.82, 2.24) is 29.0 Å². The van der Waals surface area contributed by atoms with Gasteiger partial charge in [0, 0.05) is 36.4 Å². The van der Waals surface area contributed by atoms with Gasteiger partial charge in [-0.1, -0.05) is 19.8 Å². The lowest BCUT2D eigenvalue weighted by Crippen LogP contribution is -2.36. The van der Waals surface area contributed by atoms with E-state index in [0.29, 0.717) is 19.5 Å². The normalized spacial score (nSPS) is 25.5. The van der Waals surface area contributed by atoms with Gasteiger partial charge in [0.25, 0.3) is 0 Å². The van der Waals surface area contributed by atoms with Crippen LogP contribution in [0, 0.1) is 23.2 Å². The number of rotatable bonds is 8. The van der Waals surface area contributed by atoms with Crippen LogP contribution in [0.1, 0.15) is 45.4 Å². The number of nitriles is 1. The molecule has 0 spiro atoms. The Kier molecular flexibility index (Phi) is 5.70. The van der Waals surface area contributed by atoms with Gasteiger partial charge in [-0.25, -0.2) is 22.7 Å². The van der Waals surface area contributed by atoms with E-state index in [1.54, 1.807) is 10.5 Å². The summed E-state index contributed by atoms with van der Waals surface area (Å²) in [7, 11) is -3.21. The van der Waals surface area contributed by atoms with E-state index in [-0.39, 0.29) is 17.6 Å². The minimum absolute atomic E-state index is 0.235. The number of nitrogens with zero attached hydrogens (tertiary/aromatic N) is 6. The first-order valence-electron chi connectivity index (χ1n) is 11.6. The summed E-state index contributed by atoms with van der Waals surface area (Å²) in [6.07, 6.45) is 11.7. The van der Waals surface area contributed by atoms with Gasteiger partial charge in [0.05, 0.1) is 35.7 Å². The predicted octanol–water partition coefficient (Wildman–Crippen LogP) is 3.29. The molecule has 5 rings (SSSR count). The van der Waals surface area contributed by atoms with Gasteiger partial charge in [-0.3, -0.25) is 4.68 Å². The molecule has 174 valence electrons. The zero-order valence-electron chi connectivity index (χ0n) is 18.8. The van der Waals surface area contributed by atoms with E-state index in [1.807, 2.05) is 23.1 Å². The smallest absolute Gasteiger partial charge is 0.214 e. The molecule has 0 aromatic carbocycles. The van der Waals surface area contributed by atoms with Gasteiger partial charge in [-0.15, -0.1) is 0 Å². The highest BCUT2D eigenvalue weighted by atomic mass is 32.2. The molecule has 2 fully saturated rings. The maximum atomic E-state index is 12.8. The van der Waals surface area contributed by atoms with Crippen LogP contribution in [0.4, 0.5) is 0 Å². The second-order valence-electron chi connectivity index (χ2n) is 9.46. The molecule has 1 N–H and O–H groups in total. The van der Waals surface area contributed by atoms with Crippen molar-refractivity contribution in [3.05, 3.63) is 31.0 Å². The number of hydrogen-bond acceptors (Lipinski definition) is 6. The largest absolute Gasteiger partial charge is 0.346 e. The van der Waals surface area contributed by atoms with Gasteiger partial charge >= 0.3 is 0 Å². The molecular weight excluding hydrogens is 438 g/mol. The average molecular weight is 468 g/mol. The van der Waals surface area contributed by atoms with Crippen molar-refractivity contribution in [3.63, 3.8) is 0 Å². The van der Waals surface area contributed by atoms with Gasteiger partial charge in [0.15, 0.2) is 0 Å². The standard InChI is InChI=1S/C23H29N7O2S/c1-2-3-4-9-33(31,32)29-13-17-10-23(6-7-24,11-18(17)14-29)30-15-19(12-28-30)21-20-5-8-25-22(20)27-16-26-21/h5,8,12,15-18H,2-4,6,9-11,13-14H2,1H3,(H,25,26,27)/t17-,18+,23+. The summed E-state index contributed by atoms with van der Waals surface area (Å²) in [5.74, 6) is 0.739. The van der Waals surface area contributed by atoms with Gasteiger partial charge in [0.2, 0.25) is 10.0 Å². The Labute approximate surface area is 193 Å². The maximum absolute atomic E-state index is 12.8. The molecule has 1 aliphatic carbocycles. The topological polar surface area (TPSA) is 121 Å². The highest BCUT2D eigenvalue weighted by molar-refractivity contribution is 7.89. The molecule has 1 aliphatic heterocycles. The van der Waals surface area contributed by atoms with Crippen LogP contribution in [0.25, 0.3) is 22.3 Å². The zero-order valence-corrected chi connectivity index (χ0v) is 19.6. The third-order valence-electron chi connectivity index (χ3n) is 7.33. The molecule has 1 saturated heterocycles. The van der Waals surface area contributed by atoms with Crippen molar-refractivity contribution in [1.29, 1.82) is 5.26 Å². The number of sulfonamides is 1. The van der Waals surface area contributed by atoms with Crippen molar-refractivity contribution >= 4 is 21.1 Å². The van der Waals surface area contributed by atoms with Crippen LogP contribution in [0.3, 0.4) is 0 Å². The van der Waals surface area contributed by atoms with E-state index < -0.39 is 15.6 Å². The Morgan fingerprint density at radius 2 is 2.03 bits per heavy atom. The van der Waals surface area contributed by atoms with E-state index in [2.05, 4.69) is 33.0 Å². The fourth-order valence-corrected chi connectivity index (χ4v) is 7.34.